The highest BCUT2D eigenvalue weighted by Gasteiger charge is 2.17. The van der Waals surface area contributed by atoms with E-state index in [0.717, 1.165) is 22.3 Å². The molecule has 0 bridgehead atoms. The van der Waals surface area contributed by atoms with Gasteiger partial charge >= 0.3 is 0 Å². The summed E-state index contributed by atoms with van der Waals surface area (Å²) in [6, 6.07) is 8.94. The van der Waals surface area contributed by atoms with Gasteiger partial charge in [0.25, 0.3) is 0 Å². The number of aryl methyl sites for hydroxylation is 1. The van der Waals surface area contributed by atoms with Crippen molar-refractivity contribution in [2.75, 3.05) is 11.1 Å². The number of aromatic nitrogens is 3. The lowest BCUT2D eigenvalue weighted by Crippen LogP contribution is -2.12. The first-order valence-corrected chi connectivity index (χ1v) is 9.71. The van der Waals surface area contributed by atoms with Crippen LogP contribution in [0.2, 0.25) is 5.02 Å². The van der Waals surface area contributed by atoms with E-state index >= 15 is 0 Å². The van der Waals surface area contributed by atoms with Crippen molar-refractivity contribution in [1.29, 1.82) is 0 Å². The molecule has 0 saturated heterocycles. The Morgan fingerprint density at radius 1 is 1.41 bits per heavy atom. The third-order valence-corrected chi connectivity index (χ3v) is 5.00. The fraction of sp³-hybridized carbons (Fsp3) is 0.211. The van der Waals surface area contributed by atoms with E-state index in [9.17, 15) is 4.79 Å². The Balaban J connectivity index is 1.62. The van der Waals surface area contributed by atoms with Crippen LogP contribution in [0.3, 0.4) is 0 Å². The summed E-state index contributed by atoms with van der Waals surface area (Å²) in [5.74, 6) is 2.01. The molecule has 3 aromatic rings. The summed E-state index contributed by atoms with van der Waals surface area (Å²) in [4.78, 5) is 12.1. The number of halogens is 1. The third kappa shape index (κ3) is 4.81. The summed E-state index contributed by atoms with van der Waals surface area (Å²) in [6.07, 6.45) is 3.76. The molecule has 0 radical (unpaired) electrons. The van der Waals surface area contributed by atoms with E-state index in [-0.39, 0.29) is 5.91 Å². The number of anilines is 1. The van der Waals surface area contributed by atoms with Crippen LogP contribution in [0.4, 0.5) is 5.69 Å². The molecule has 0 saturated carbocycles. The zero-order valence-corrected chi connectivity index (χ0v) is 16.4. The van der Waals surface area contributed by atoms with Gasteiger partial charge in [0.1, 0.15) is 5.76 Å². The van der Waals surface area contributed by atoms with Crippen molar-refractivity contribution in [2.45, 2.75) is 25.0 Å². The van der Waals surface area contributed by atoms with Crippen molar-refractivity contribution in [3.05, 3.63) is 60.0 Å². The van der Waals surface area contributed by atoms with Crippen LogP contribution in [0, 0.1) is 6.92 Å². The number of furan rings is 1. The minimum Gasteiger partial charge on any atom is -0.469 e. The Hall–Kier alpha value is -2.51. The van der Waals surface area contributed by atoms with Crippen LogP contribution in [0.25, 0.3) is 11.4 Å². The molecule has 2 heterocycles. The van der Waals surface area contributed by atoms with Gasteiger partial charge in [0.2, 0.25) is 5.91 Å². The molecule has 0 aliphatic rings. The van der Waals surface area contributed by atoms with Crippen molar-refractivity contribution >= 4 is 35.0 Å². The fourth-order valence-corrected chi connectivity index (χ4v) is 3.61. The average Bonchev–Trinajstić information content (AvgIpc) is 3.21. The van der Waals surface area contributed by atoms with Crippen molar-refractivity contribution in [2.24, 2.45) is 0 Å². The van der Waals surface area contributed by atoms with Crippen molar-refractivity contribution in [3.63, 3.8) is 0 Å². The normalized spacial score (nSPS) is 10.7. The Bertz CT molecular complexity index is 951. The number of carbonyl (C=O) groups is 1. The highest BCUT2D eigenvalue weighted by atomic mass is 35.5. The number of amides is 1. The lowest BCUT2D eigenvalue weighted by atomic mass is 10.2. The summed E-state index contributed by atoms with van der Waals surface area (Å²) >= 11 is 7.40. The molecule has 2 aromatic heterocycles. The van der Waals surface area contributed by atoms with Crippen LogP contribution in [-0.2, 0) is 11.3 Å². The first-order valence-electron chi connectivity index (χ1n) is 8.35. The molecule has 0 aliphatic heterocycles. The number of benzene rings is 1. The summed E-state index contributed by atoms with van der Waals surface area (Å²) in [5.41, 5.74) is 1.58. The smallest absolute Gasteiger partial charge is 0.225 e. The summed E-state index contributed by atoms with van der Waals surface area (Å²) in [7, 11) is 0. The first kappa shape index (κ1) is 19.3. The minimum absolute atomic E-state index is 0.0783. The predicted octanol–water partition coefficient (Wildman–Crippen LogP) is 4.81. The van der Waals surface area contributed by atoms with E-state index in [1.165, 1.54) is 11.8 Å². The van der Waals surface area contributed by atoms with Gasteiger partial charge in [0.15, 0.2) is 11.0 Å². The Morgan fingerprint density at radius 3 is 2.96 bits per heavy atom. The van der Waals surface area contributed by atoms with Gasteiger partial charge in [0.05, 0.1) is 11.8 Å². The first-order chi connectivity index (χ1) is 13.1. The van der Waals surface area contributed by atoms with E-state index in [1.54, 1.807) is 36.6 Å². The number of thioether (sulfide) groups is 1. The van der Waals surface area contributed by atoms with E-state index in [2.05, 4.69) is 22.1 Å². The summed E-state index contributed by atoms with van der Waals surface area (Å²) < 4.78 is 7.33. The number of allylic oxidation sites excluding steroid dienone is 1. The molecule has 8 heteroatoms. The lowest BCUT2D eigenvalue weighted by molar-refractivity contribution is -0.115. The maximum absolute atomic E-state index is 12.1. The largest absolute Gasteiger partial charge is 0.469 e. The highest BCUT2D eigenvalue weighted by molar-refractivity contribution is 7.99. The Kier molecular flexibility index (Phi) is 6.36. The van der Waals surface area contributed by atoms with Crippen molar-refractivity contribution in [1.82, 2.24) is 14.8 Å². The molecule has 0 atom stereocenters. The predicted molar refractivity (Wildman–Crippen MR) is 108 cm³/mol. The van der Waals surface area contributed by atoms with Crippen molar-refractivity contribution < 1.29 is 9.21 Å². The van der Waals surface area contributed by atoms with Crippen LogP contribution >= 0.6 is 23.4 Å². The van der Waals surface area contributed by atoms with Crippen LogP contribution in [0.15, 0.2) is 58.8 Å². The number of hydrogen-bond donors (Lipinski definition) is 1. The molecule has 0 fully saturated rings. The van der Waals surface area contributed by atoms with Gasteiger partial charge in [-0.15, -0.1) is 16.8 Å². The molecular formula is C19H19ClN4O2S. The summed E-state index contributed by atoms with van der Waals surface area (Å²) in [5, 5.41) is 12.7. The molecule has 1 N–H and O–H groups in total. The number of nitrogens with one attached hydrogen (secondary N) is 1. The number of rotatable bonds is 8. The molecule has 0 aliphatic carbocycles. The van der Waals surface area contributed by atoms with Crippen LogP contribution in [0.5, 0.6) is 0 Å². The van der Waals surface area contributed by atoms with Gasteiger partial charge < -0.3 is 9.73 Å². The zero-order chi connectivity index (χ0) is 19.2. The van der Waals surface area contributed by atoms with Crippen LogP contribution < -0.4 is 5.32 Å². The minimum atomic E-state index is -0.0783. The SMILES string of the molecule is C=CCn1c(SCCC(=O)Nc2cccc(Cl)c2)nnc1-c1ccoc1C. The third-order valence-electron chi connectivity index (χ3n) is 3.80. The van der Waals surface area contributed by atoms with E-state index in [0.29, 0.717) is 29.4 Å². The lowest BCUT2D eigenvalue weighted by Gasteiger charge is -2.08. The van der Waals surface area contributed by atoms with Gasteiger partial charge in [-0.3, -0.25) is 9.36 Å². The molecule has 1 aromatic carbocycles. The zero-order valence-electron chi connectivity index (χ0n) is 14.8. The van der Waals surface area contributed by atoms with Gasteiger partial charge in [-0.1, -0.05) is 35.5 Å². The van der Waals surface area contributed by atoms with E-state index < -0.39 is 0 Å². The number of carbonyl (C=O) groups excluding carboxylic acids is 1. The van der Waals surface area contributed by atoms with Crippen molar-refractivity contribution in [3.8, 4) is 11.4 Å². The van der Waals surface area contributed by atoms with Gasteiger partial charge in [0, 0.05) is 29.4 Å². The molecule has 3 rings (SSSR count). The monoisotopic (exact) mass is 402 g/mol. The van der Waals surface area contributed by atoms with E-state index in [1.807, 2.05) is 17.6 Å². The molecule has 27 heavy (non-hydrogen) atoms. The quantitative estimate of drug-likeness (QED) is 0.432. The second-order valence-electron chi connectivity index (χ2n) is 5.75. The number of hydrogen-bond acceptors (Lipinski definition) is 5. The molecule has 0 unspecified atom stereocenters. The molecule has 6 nitrogen and oxygen atoms in total. The second-order valence-corrected chi connectivity index (χ2v) is 7.25. The van der Waals surface area contributed by atoms with Gasteiger partial charge in [-0.2, -0.15) is 0 Å². The fourth-order valence-electron chi connectivity index (χ4n) is 2.53. The maximum atomic E-state index is 12.1. The molecule has 0 spiro atoms. The Labute approximate surface area is 166 Å². The molecule has 140 valence electrons. The highest BCUT2D eigenvalue weighted by Crippen LogP contribution is 2.27. The molecular weight excluding hydrogens is 384 g/mol. The van der Waals surface area contributed by atoms with Crippen LogP contribution in [-0.4, -0.2) is 26.4 Å². The molecule has 1 amide bonds. The maximum Gasteiger partial charge on any atom is 0.225 e. The van der Waals surface area contributed by atoms with Crippen LogP contribution in [0.1, 0.15) is 12.2 Å². The summed E-state index contributed by atoms with van der Waals surface area (Å²) in [6.45, 7) is 6.26. The second kappa shape index (κ2) is 8.92. The number of nitrogens with zero attached hydrogens (tertiary/aromatic N) is 3. The topological polar surface area (TPSA) is 73.0 Å². The standard InChI is InChI=1S/C19H19ClN4O2S/c1-3-9-24-18(16-7-10-26-13(16)2)22-23-19(24)27-11-8-17(25)21-15-6-4-5-14(20)12-15/h3-7,10,12H,1,8-9,11H2,2H3,(H,21,25). The average molecular weight is 403 g/mol. The van der Waals surface area contributed by atoms with Gasteiger partial charge in [-0.25, -0.2) is 0 Å². The Morgan fingerprint density at radius 2 is 2.26 bits per heavy atom. The van der Waals surface area contributed by atoms with E-state index in [4.69, 9.17) is 16.0 Å². The van der Waals surface area contributed by atoms with Gasteiger partial charge in [-0.05, 0) is 31.2 Å².